The summed E-state index contributed by atoms with van der Waals surface area (Å²) in [5.41, 5.74) is 3.14. The quantitative estimate of drug-likeness (QED) is 0.236. The zero-order chi connectivity index (χ0) is 26.5. The predicted octanol–water partition coefficient (Wildman–Crippen LogP) is 6.60. The van der Waals surface area contributed by atoms with Crippen molar-refractivity contribution in [1.82, 2.24) is 14.5 Å². The van der Waals surface area contributed by atoms with Crippen LogP contribution in [0.3, 0.4) is 0 Å². The zero-order valence-electron chi connectivity index (χ0n) is 21.5. The molecular formula is C35H29N3O. The topological polar surface area (TPSA) is 50.9 Å². The molecule has 2 heterocycles. The van der Waals surface area contributed by atoms with Gasteiger partial charge in [-0.1, -0.05) is 127 Å². The molecule has 4 aromatic carbocycles. The zero-order valence-corrected chi connectivity index (χ0v) is 21.5. The van der Waals surface area contributed by atoms with Crippen LogP contribution in [0.5, 0.6) is 0 Å². The number of hydrogen-bond donors (Lipinski definition) is 1. The molecule has 0 amide bonds. The smallest absolute Gasteiger partial charge is 0.152 e. The molecule has 190 valence electrons. The summed E-state index contributed by atoms with van der Waals surface area (Å²) < 4.78 is 2.13. The lowest BCUT2D eigenvalue weighted by molar-refractivity contribution is 0.0656. The monoisotopic (exact) mass is 507 g/mol. The highest BCUT2D eigenvalue weighted by atomic mass is 16.3. The van der Waals surface area contributed by atoms with Gasteiger partial charge in [0, 0.05) is 12.6 Å². The van der Waals surface area contributed by atoms with Crippen LogP contribution in [0.15, 0.2) is 158 Å². The van der Waals surface area contributed by atoms with E-state index in [0.29, 0.717) is 17.8 Å². The van der Waals surface area contributed by atoms with Crippen molar-refractivity contribution in [2.75, 3.05) is 0 Å². The molecule has 0 aliphatic carbocycles. The highest BCUT2D eigenvalue weighted by molar-refractivity contribution is 5.52. The normalized spacial score (nSPS) is 13.1. The van der Waals surface area contributed by atoms with Gasteiger partial charge in [0.1, 0.15) is 5.54 Å². The van der Waals surface area contributed by atoms with Gasteiger partial charge in [0.15, 0.2) is 5.60 Å². The Kier molecular flexibility index (Phi) is 6.62. The van der Waals surface area contributed by atoms with Gasteiger partial charge in [0.2, 0.25) is 0 Å². The third kappa shape index (κ3) is 4.35. The summed E-state index contributed by atoms with van der Waals surface area (Å²) in [5.74, 6) is 0. The summed E-state index contributed by atoms with van der Waals surface area (Å²) in [7, 11) is 0. The van der Waals surface area contributed by atoms with E-state index < -0.39 is 11.1 Å². The number of hydrogen-bond acceptors (Lipinski definition) is 3. The van der Waals surface area contributed by atoms with E-state index in [0.717, 1.165) is 22.3 Å². The Morgan fingerprint density at radius 3 is 1.56 bits per heavy atom. The highest BCUT2D eigenvalue weighted by Crippen LogP contribution is 2.44. The van der Waals surface area contributed by atoms with Crippen LogP contribution in [-0.4, -0.2) is 19.6 Å². The fraction of sp³-hybridized carbons (Fsp3) is 0.0857. The summed E-state index contributed by atoms with van der Waals surface area (Å²) >= 11 is 0. The summed E-state index contributed by atoms with van der Waals surface area (Å²) in [6, 6.07) is 47.0. The van der Waals surface area contributed by atoms with Gasteiger partial charge in [-0.05, 0) is 34.4 Å². The molecule has 4 nitrogen and oxygen atoms in total. The van der Waals surface area contributed by atoms with Crippen LogP contribution >= 0.6 is 0 Å². The Hall–Kier alpha value is -4.80. The Morgan fingerprint density at radius 2 is 1.08 bits per heavy atom. The van der Waals surface area contributed by atoms with Crippen LogP contribution in [0.4, 0.5) is 0 Å². The molecule has 1 N–H and O–H groups in total. The number of benzene rings is 4. The molecule has 4 heteroatoms. The molecule has 0 saturated carbocycles. The fourth-order valence-electron chi connectivity index (χ4n) is 5.63. The Morgan fingerprint density at radius 1 is 0.590 bits per heavy atom. The summed E-state index contributed by atoms with van der Waals surface area (Å²) in [6.45, 7) is 0. The van der Waals surface area contributed by atoms with Crippen LogP contribution in [0, 0.1) is 0 Å². The predicted molar refractivity (Wildman–Crippen MR) is 154 cm³/mol. The third-order valence-electron chi connectivity index (χ3n) is 7.39. The third-order valence-corrected chi connectivity index (χ3v) is 7.39. The Balaban J connectivity index is 1.69. The number of rotatable bonds is 8. The number of nitrogens with zero attached hydrogens (tertiary/aromatic N) is 3. The Labute approximate surface area is 228 Å². The van der Waals surface area contributed by atoms with Crippen molar-refractivity contribution in [2.24, 2.45) is 0 Å². The van der Waals surface area contributed by atoms with E-state index in [1.54, 1.807) is 12.4 Å². The number of imidazole rings is 1. The summed E-state index contributed by atoms with van der Waals surface area (Å²) in [4.78, 5) is 9.33. The van der Waals surface area contributed by atoms with E-state index >= 15 is 0 Å². The van der Waals surface area contributed by atoms with Crippen LogP contribution in [0.2, 0.25) is 0 Å². The van der Waals surface area contributed by atoms with Crippen LogP contribution in [0.1, 0.15) is 33.6 Å². The van der Waals surface area contributed by atoms with Gasteiger partial charge in [-0.25, -0.2) is 4.98 Å². The maximum absolute atomic E-state index is 12.8. The van der Waals surface area contributed by atoms with Crippen molar-refractivity contribution in [2.45, 2.75) is 17.6 Å². The maximum atomic E-state index is 12.8. The second-order valence-electron chi connectivity index (χ2n) is 9.69. The van der Waals surface area contributed by atoms with Crippen LogP contribution < -0.4 is 0 Å². The minimum absolute atomic E-state index is 0.338. The number of pyridine rings is 1. The molecule has 6 aromatic rings. The van der Waals surface area contributed by atoms with Crippen molar-refractivity contribution in [3.05, 3.63) is 192 Å². The molecule has 0 fully saturated rings. The lowest BCUT2D eigenvalue weighted by atomic mass is 9.75. The average molecular weight is 508 g/mol. The lowest BCUT2D eigenvalue weighted by Gasteiger charge is -2.41. The molecule has 0 saturated heterocycles. The van der Waals surface area contributed by atoms with Crippen molar-refractivity contribution >= 4 is 0 Å². The SMILES string of the molecule is OC(Cc1ccccc1)(c1ccccn1)c1cncn1C(c1ccccc1)(c1ccccc1)c1ccccc1. The van der Waals surface area contributed by atoms with E-state index in [1.807, 2.05) is 73.1 Å². The number of aliphatic hydroxyl groups is 1. The molecule has 1 unspecified atom stereocenters. The summed E-state index contributed by atoms with van der Waals surface area (Å²) in [5, 5.41) is 12.8. The van der Waals surface area contributed by atoms with Crippen molar-refractivity contribution in [1.29, 1.82) is 0 Å². The van der Waals surface area contributed by atoms with Crippen LogP contribution in [-0.2, 0) is 17.6 Å². The number of aromatic nitrogens is 3. The molecule has 2 aromatic heterocycles. The standard InChI is InChI=1S/C35H29N3O/c39-34(32-23-13-14-24-37-32,25-28-15-5-1-6-16-28)33-26-36-27-38(33)35(29-17-7-2-8-18-29,30-19-9-3-10-20-30)31-21-11-4-12-22-31/h1-24,26-27,39H,25H2. The van der Waals surface area contributed by atoms with Gasteiger partial charge < -0.3 is 9.67 Å². The van der Waals surface area contributed by atoms with Gasteiger partial charge >= 0.3 is 0 Å². The van der Waals surface area contributed by atoms with E-state index in [2.05, 4.69) is 87.3 Å². The molecule has 0 spiro atoms. The van der Waals surface area contributed by atoms with Gasteiger partial charge in [0.05, 0.1) is 23.9 Å². The minimum atomic E-state index is -1.46. The first-order valence-corrected chi connectivity index (χ1v) is 13.1. The van der Waals surface area contributed by atoms with Gasteiger partial charge in [-0.15, -0.1) is 0 Å². The molecule has 0 aliphatic heterocycles. The molecule has 1 atom stereocenters. The van der Waals surface area contributed by atoms with Gasteiger partial charge in [-0.3, -0.25) is 4.98 Å². The molecule has 39 heavy (non-hydrogen) atoms. The molecular weight excluding hydrogens is 478 g/mol. The van der Waals surface area contributed by atoms with E-state index in [9.17, 15) is 5.11 Å². The largest absolute Gasteiger partial charge is 0.377 e. The van der Waals surface area contributed by atoms with Crippen molar-refractivity contribution in [3.63, 3.8) is 0 Å². The Bertz CT molecular complexity index is 1520. The fourth-order valence-corrected chi connectivity index (χ4v) is 5.63. The average Bonchev–Trinajstić information content (AvgIpc) is 3.51. The first kappa shape index (κ1) is 24.5. The molecule has 0 radical (unpaired) electrons. The second kappa shape index (κ2) is 10.5. The van der Waals surface area contributed by atoms with E-state index in [1.165, 1.54) is 0 Å². The minimum Gasteiger partial charge on any atom is -0.377 e. The van der Waals surface area contributed by atoms with E-state index in [4.69, 9.17) is 0 Å². The molecule has 0 aliphatic rings. The maximum Gasteiger partial charge on any atom is 0.152 e. The van der Waals surface area contributed by atoms with Crippen molar-refractivity contribution < 1.29 is 5.11 Å². The molecule has 6 rings (SSSR count). The second-order valence-corrected chi connectivity index (χ2v) is 9.69. The van der Waals surface area contributed by atoms with Gasteiger partial charge in [0.25, 0.3) is 0 Å². The lowest BCUT2D eigenvalue weighted by Crippen LogP contribution is -2.43. The first-order valence-electron chi connectivity index (χ1n) is 13.1. The first-order chi connectivity index (χ1) is 19.2. The molecule has 0 bridgehead atoms. The van der Waals surface area contributed by atoms with Crippen molar-refractivity contribution in [3.8, 4) is 0 Å². The summed E-state index contributed by atoms with van der Waals surface area (Å²) in [6.07, 6.45) is 5.68. The van der Waals surface area contributed by atoms with Gasteiger partial charge in [-0.2, -0.15) is 0 Å². The van der Waals surface area contributed by atoms with E-state index in [-0.39, 0.29) is 0 Å². The highest BCUT2D eigenvalue weighted by Gasteiger charge is 2.45. The van der Waals surface area contributed by atoms with Crippen LogP contribution in [0.25, 0.3) is 0 Å².